The Hall–Kier alpha value is -2.22. The van der Waals surface area contributed by atoms with Crippen LogP contribution in [-0.2, 0) is 22.6 Å². The zero-order valence-corrected chi connectivity index (χ0v) is 19.9. The van der Waals surface area contributed by atoms with Gasteiger partial charge in [-0.1, -0.05) is 19.3 Å². The fraction of sp³-hybridized carbons (Fsp3) is 0.750. The minimum Gasteiger partial charge on any atom is -0.373 e. The zero-order chi connectivity index (χ0) is 22.7. The molecule has 32 heavy (non-hydrogen) atoms. The summed E-state index contributed by atoms with van der Waals surface area (Å²) in [6.45, 7) is 5.17. The second kappa shape index (κ2) is 10.1. The second-order valence-electron chi connectivity index (χ2n) is 9.64. The van der Waals surface area contributed by atoms with Gasteiger partial charge >= 0.3 is 0 Å². The van der Waals surface area contributed by atoms with Crippen molar-refractivity contribution < 1.29 is 9.59 Å². The topological polar surface area (TPSA) is 81.7 Å². The molecule has 1 saturated carbocycles. The summed E-state index contributed by atoms with van der Waals surface area (Å²) in [4.78, 5) is 40.6. The van der Waals surface area contributed by atoms with E-state index in [1.807, 2.05) is 23.9 Å². The van der Waals surface area contributed by atoms with E-state index in [4.69, 9.17) is 9.97 Å². The van der Waals surface area contributed by atoms with E-state index < -0.39 is 0 Å². The molecule has 1 N–H and O–H groups in total. The van der Waals surface area contributed by atoms with Crippen molar-refractivity contribution >= 4 is 17.6 Å². The lowest BCUT2D eigenvalue weighted by Crippen LogP contribution is -2.45. The monoisotopic (exact) mass is 442 g/mol. The van der Waals surface area contributed by atoms with Crippen molar-refractivity contribution in [2.45, 2.75) is 76.8 Å². The summed E-state index contributed by atoms with van der Waals surface area (Å²) in [5.41, 5.74) is 2.23. The molecule has 0 atom stereocenters. The van der Waals surface area contributed by atoms with Gasteiger partial charge in [0.1, 0.15) is 11.6 Å². The van der Waals surface area contributed by atoms with E-state index in [0.717, 1.165) is 69.1 Å². The summed E-state index contributed by atoms with van der Waals surface area (Å²) in [7, 11) is 3.89. The number of fused-ring (bicyclic) bond motifs is 1. The molecule has 1 aromatic rings. The molecule has 1 saturated heterocycles. The minimum absolute atomic E-state index is 0.143. The first kappa shape index (κ1) is 23.0. The molecule has 8 nitrogen and oxygen atoms in total. The van der Waals surface area contributed by atoms with Crippen molar-refractivity contribution in [2.24, 2.45) is 0 Å². The largest absolute Gasteiger partial charge is 0.373 e. The van der Waals surface area contributed by atoms with E-state index in [2.05, 4.69) is 10.2 Å². The van der Waals surface area contributed by atoms with E-state index in [1.165, 1.54) is 24.8 Å². The molecule has 0 aromatic carbocycles. The van der Waals surface area contributed by atoms with Crippen molar-refractivity contribution in [1.29, 1.82) is 0 Å². The second-order valence-corrected chi connectivity index (χ2v) is 9.64. The quantitative estimate of drug-likeness (QED) is 0.754. The molecule has 176 valence electrons. The molecule has 0 bridgehead atoms. The number of hydrogen-bond donors (Lipinski definition) is 1. The normalized spacial score (nSPS) is 20.7. The van der Waals surface area contributed by atoms with Crippen molar-refractivity contribution in [3.8, 4) is 0 Å². The highest BCUT2D eigenvalue weighted by molar-refractivity contribution is 5.78. The van der Waals surface area contributed by atoms with Gasteiger partial charge in [0, 0.05) is 64.7 Å². The number of rotatable bonds is 5. The lowest BCUT2D eigenvalue weighted by atomic mass is 9.94. The zero-order valence-electron chi connectivity index (χ0n) is 19.9. The number of likely N-dealkylation sites (tertiary alicyclic amines) is 1. The van der Waals surface area contributed by atoms with Gasteiger partial charge in [0.25, 0.3) is 0 Å². The fourth-order valence-corrected chi connectivity index (χ4v) is 5.46. The number of anilines is 1. The van der Waals surface area contributed by atoms with Gasteiger partial charge in [0.15, 0.2) is 0 Å². The molecular formula is C24H38N6O2. The Balaban J connectivity index is 1.43. The average Bonchev–Trinajstić information content (AvgIpc) is 2.83. The molecule has 0 unspecified atom stereocenters. The number of aromatic nitrogens is 2. The van der Waals surface area contributed by atoms with E-state index in [-0.39, 0.29) is 17.7 Å². The van der Waals surface area contributed by atoms with Crippen LogP contribution >= 0.6 is 0 Å². The molecule has 0 spiro atoms. The third-order valence-corrected chi connectivity index (χ3v) is 7.58. The molecule has 3 aliphatic rings. The summed E-state index contributed by atoms with van der Waals surface area (Å²) < 4.78 is 0. The van der Waals surface area contributed by atoms with Crippen LogP contribution in [0.2, 0.25) is 0 Å². The van der Waals surface area contributed by atoms with Crippen LogP contribution in [-0.4, -0.2) is 82.8 Å². The molecule has 4 rings (SSSR count). The molecular weight excluding hydrogens is 404 g/mol. The maximum Gasteiger partial charge on any atom is 0.236 e. The molecule has 2 fully saturated rings. The third kappa shape index (κ3) is 5.05. The maximum absolute atomic E-state index is 13.0. The van der Waals surface area contributed by atoms with Crippen LogP contribution < -0.4 is 5.32 Å². The van der Waals surface area contributed by atoms with Gasteiger partial charge in [0.2, 0.25) is 11.8 Å². The predicted octanol–water partition coefficient (Wildman–Crippen LogP) is 2.39. The number of nitrogens with zero attached hydrogens (tertiary/aromatic N) is 5. The third-order valence-electron chi connectivity index (χ3n) is 7.58. The molecule has 2 amide bonds. The van der Waals surface area contributed by atoms with Crippen LogP contribution in [0.25, 0.3) is 0 Å². The molecule has 2 aliphatic heterocycles. The van der Waals surface area contributed by atoms with Crippen LogP contribution in [0.5, 0.6) is 0 Å². The average molecular weight is 443 g/mol. The van der Waals surface area contributed by atoms with E-state index in [1.54, 1.807) is 6.92 Å². The molecule has 0 radical (unpaired) electrons. The summed E-state index contributed by atoms with van der Waals surface area (Å²) >= 11 is 0. The highest BCUT2D eigenvalue weighted by atomic mass is 16.2. The SMILES string of the molecule is CNc1nc(C2CCN(C(C)=O)CC2)nc2c1CCN(CC(=O)N(C)C1CCCCC1)C2. The summed E-state index contributed by atoms with van der Waals surface area (Å²) in [6, 6.07) is 0.402. The van der Waals surface area contributed by atoms with Crippen LogP contribution in [0.15, 0.2) is 0 Å². The van der Waals surface area contributed by atoms with E-state index in [0.29, 0.717) is 19.1 Å². The summed E-state index contributed by atoms with van der Waals surface area (Å²) in [5, 5.41) is 3.27. The molecule has 8 heteroatoms. The van der Waals surface area contributed by atoms with Gasteiger partial charge in [0.05, 0.1) is 12.2 Å². The first-order valence-electron chi connectivity index (χ1n) is 12.3. The number of likely N-dealkylation sites (N-methyl/N-ethyl adjacent to an activating group) is 1. The van der Waals surface area contributed by atoms with Gasteiger partial charge < -0.3 is 15.1 Å². The number of amides is 2. The van der Waals surface area contributed by atoms with Crippen molar-refractivity contribution in [2.75, 3.05) is 45.6 Å². The maximum atomic E-state index is 13.0. The van der Waals surface area contributed by atoms with Crippen LogP contribution in [0.3, 0.4) is 0 Å². The first-order valence-corrected chi connectivity index (χ1v) is 12.3. The lowest BCUT2D eigenvalue weighted by molar-refractivity contribution is -0.134. The Kier molecular flexibility index (Phi) is 7.28. The first-order chi connectivity index (χ1) is 15.5. The number of piperidine rings is 1. The lowest BCUT2D eigenvalue weighted by Gasteiger charge is -2.35. The van der Waals surface area contributed by atoms with Gasteiger partial charge in [-0.05, 0) is 32.1 Å². The van der Waals surface area contributed by atoms with Gasteiger partial charge in [-0.3, -0.25) is 14.5 Å². The number of hydrogen-bond acceptors (Lipinski definition) is 6. The minimum atomic E-state index is 0.143. The van der Waals surface area contributed by atoms with Gasteiger partial charge in [-0.25, -0.2) is 9.97 Å². The number of carbonyl (C=O) groups is 2. The van der Waals surface area contributed by atoms with E-state index >= 15 is 0 Å². The van der Waals surface area contributed by atoms with Crippen LogP contribution in [0.1, 0.15) is 74.9 Å². The van der Waals surface area contributed by atoms with Crippen molar-refractivity contribution in [1.82, 2.24) is 24.7 Å². The van der Waals surface area contributed by atoms with Crippen LogP contribution in [0.4, 0.5) is 5.82 Å². The van der Waals surface area contributed by atoms with Crippen molar-refractivity contribution in [3.05, 3.63) is 17.1 Å². The molecule has 1 aliphatic carbocycles. The Labute approximate surface area is 191 Å². The van der Waals surface area contributed by atoms with Crippen LogP contribution in [0, 0.1) is 0 Å². The smallest absolute Gasteiger partial charge is 0.236 e. The highest BCUT2D eigenvalue weighted by Gasteiger charge is 2.29. The molecule has 1 aromatic heterocycles. The number of carbonyl (C=O) groups excluding carboxylic acids is 2. The Bertz CT molecular complexity index is 830. The van der Waals surface area contributed by atoms with Gasteiger partial charge in [-0.15, -0.1) is 0 Å². The Morgan fingerprint density at radius 2 is 1.78 bits per heavy atom. The standard InChI is InChI=1S/C24H38N6O2/c1-17(31)30-13-9-18(10-14-30)23-26-21-15-29(12-11-20(21)24(25-2)27-23)16-22(32)28(3)19-7-5-4-6-8-19/h18-19H,4-16H2,1-3H3,(H,25,26,27). The van der Waals surface area contributed by atoms with E-state index in [9.17, 15) is 9.59 Å². The summed E-state index contributed by atoms with van der Waals surface area (Å²) in [6.07, 6.45) is 8.69. The fourth-order valence-electron chi connectivity index (χ4n) is 5.46. The highest BCUT2D eigenvalue weighted by Crippen LogP contribution is 2.30. The Morgan fingerprint density at radius 1 is 1.06 bits per heavy atom. The molecule has 3 heterocycles. The van der Waals surface area contributed by atoms with Gasteiger partial charge in [-0.2, -0.15) is 0 Å². The number of nitrogens with one attached hydrogen (secondary N) is 1. The Morgan fingerprint density at radius 3 is 2.44 bits per heavy atom. The predicted molar refractivity (Wildman–Crippen MR) is 124 cm³/mol. The summed E-state index contributed by atoms with van der Waals surface area (Å²) in [5.74, 6) is 2.44. The van der Waals surface area contributed by atoms with Crippen molar-refractivity contribution in [3.63, 3.8) is 0 Å².